The molecule has 2 aromatic rings. The van der Waals surface area contributed by atoms with Gasteiger partial charge in [0, 0.05) is 11.1 Å². The largest absolute Gasteiger partial charge is 0.495 e. The van der Waals surface area contributed by atoms with E-state index in [9.17, 15) is 4.79 Å². The topological polar surface area (TPSA) is 56.8 Å². The summed E-state index contributed by atoms with van der Waals surface area (Å²) in [5.74, 6) is 1.58. The average molecular weight is 404 g/mol. The monoisotopic (exact) mass is 403 g/mol. The van der Waals surface area contributed by atoms with Crippen LogP contribution in [0.15, 0.2) is 42.5 Å². The van der Waals surface area contributed by atoms with Crippen molar-refractivity contribution in [3.63, 3.8) is 0 Å². The molecule has 150 valence electrons. The van der Waals surface area contributed by atoms with Crippen molar-refractivity contribution in [3.05, 3.63) is 53.1 Å². The highest BCUT2D eigenvalue weighted by molar-refractivity contribution is 6.31. The summed E-state index contributed by atoms with van der Waals surface area (Å²) in [6.07, 6.45) is 6.43. The van der Waals surface area contributed by atoms with E-state index in [1.807, 2.05) is 18.2 Å². The number of carbonyl (C=O) groups is 1. The zero-order valence-corrected chi connectivity index (χ0v) is 17.2. The van der Waals surface area contributed by atoms with Crippen molar-refractivity contribution in [1.29, 1.82) is 0 Å². The summed E-state index contributed by atoms with van der Waals surface area (Å²) < 4.78 is 16.4. The summed E-state index contributed by atoms with van der Waals surface area (Å²) >= 11 is 5.98. The molecule has 0 saturated carbocycles. The van der Waals surface area contributed by atoms with Crippen LogP contribution in [0.2, 0.25) is 5.02 Å². The number of halogens is 1. The van der Waals surface area contributed by atoms with Crippen molar-refractivity contribution in [2.75, 3.05) is 26.1 Å². The Morgan fingerprint density at radius 3 is 2.50 bits per heavy atom. The second kappa shape index (κ2) is 11.2. The predicted molar refractivity (Wildman–Crippen MR) is 114 cm³/mol. The van der Waals surface area contributed by atoms with Gasteiger partial charge in [-0.25, -0.2) is 0 Å². The highest BCUT2D eigenvalue weighted by atomic mass is 35.5. The normalized spacial score (nSPS) is 10.7. The van der Waals surface area contributed by atoms with Crippen molar-refractivity contribution in [2.24, 2.45) is 0 Å². The van der Waals surface area contributed by atoms with Gasteiger partial charge < -0.3 is 19.5 Å². The van der Waals surface area contributed by atoms with Gasteiger partial charge in [0.05, 0.1) is 26.5 Å². The van der Waals surface area contributed by atoms with Gasteiger partial charge in [0.15, 0.2) is 11.5 Å². The molecule has 0 spiro atoms. The Labute approximate surface area is 171 Å². The second-order valence-electron chi connectivity index (χ2n) is 6.13. The molecule has 0 fully saturated rings. The molecule has 0 aliphatic rings. The molecule has 1 amide bonds. The SMILES string of the molecule is CCCCCOc1ccc(C=CC(=O)Nc2cc(Cl)ccc2OC)cc1OC. The third kappa shape index (κ3) is 6.50. The maximum Gasteiger partial charge on any atom is 0.248 e. The molecule has 0 unspecified atom stereocenters. The second-order valence-corrected chi connectivity index (χ2v) is 6.57. The van der Waals surface area contributed by atoms with Gasteiger partial charge in [-0.05, 0) is 48.4 Å². The first-order valence-corrected chi connectivity index (χ1v) is 9.58. The number of carbonyl (C=O) groups excluding carboxylic acids is 1. The fourth-order valence-corrected chi connectivity index (χ4v) is 2.74. The quantitative estimate of drug-likeness (QED) is 0.415. The van der Waals surface area contributed by atoms with Crippen LogP contribution in [0.25, 0.3) is 6.08 Å². The maximum absolute atomic E-state index is 12.2. The molecule has 2 aromatic carbocycles. The lowest BCUT2D eigenvalue weighted by atomic mass is 10.2. The molecule has 0 heterocycles. The molecule has 2 rings (SSSR count). The van der Waals surface area contributed by atoms with E-state index in [-0.39, 0.29) is 5.91 Å². The number of unbranched alkanes of at least 4 members (excludes halogenated alkanes) is 2. The average Bonchev–Trinajstić information content (AvgIpc) is 2.70. The van der Waals surface area contributed by atoms with E-state index in [1.165, 1.54) is 13.2 Å². The number of anilines is 1. The minimum atomic E-state index is -0.292. The van der Waals surface area contributed by atoms with Crippen LogP contribution in [0.1, 0.15) is 31.7 Å². The first-order valence-electron chi connectivity index (χ1n) is 9.20. The summed E-state index contributed by atoms with van der Waals surface area (Å²) in [6, 6.07) is 10.6. The van der Waals surface area contributed by atoms with Gasteiger partial charge in [-0.2, -0.15) is 0 Å². The van der Waals surface area contributed by atoms with E-state index >= 15 is 0 Å². The smallest absolute Gasteiger partial charge is 0.248 e. The van der Waals surface area contributed by atoms with Gasteiger partial charge in [-0.1, -0.05) is 37.4 Å². The maximum atomic E-state index is 12.2. The van der Waals surface area contributed by atoms with Gasteiger partial charge in [0.25, 0.3) is 0 Å². The molecule has 0 radical (unpaired) electrons. The van der Waals surface area contributed by atoms with E-state index < -0.39 is 0 Å². The van der Waals surface area contributed by atoms with Crippen molar-refractivity contribution < 1.29 is 19.0 Å². The Morgan fingerprint density at radius 1 is 1.04 bits per heavy atom. The van der Waals surface area contributed by atoms with Gasteiger partial charge in [-0.3, -0.25) is 4.79 Å². The van der Waals surface area contributed by atoms with Crippen LogP contribution >= 0.6 is 11.6 Å². The molecule has 0 bridgehead atoms. The number of hydrogen-bond acceptors (Lipinski definition) is 4. The number of benzene rings is 2. The Bertz CT molecular complexity index is 820. The Morgan fingerprint density at radius 2 is 1.79 bits per heavy atom. The van der Waals surface area contributed by atoms with E-state index in [0.29, 0.717) is 34.6 Å². The molecule has 5 nitrogen and oxygen atoms in total. The van der Waals surface area contributed by atoms with Crippen molar-refractivity contribution in [3.8, 4) is 17.2 Å². The van der Waals surface area contributed by atoms with Crippen LogP contribution in [0.4, 0.5) is 5.69 Å². The molecule has 0 atom stereocenters. The first kappa shape index (κ1) is 21.6. The number of methoxy groups -OCH3 is 2. The molecule has 1 N–H and O–H groups in total. The highest BCUT2D eigenvalue weighted by Gasteiger charge is 2.07. The van der Waals surface area contributed by atoms with Crippen LogP contribution < -0.4 is 19.5 Å². The molecule has 0 aromatic heterocycles. The number of hydrogen-bond donors (Lipinski definition) is 1. The van der Waals surface area contributed by atoms with Crippen molar-refractivity contribution in [2.45, 2.75) is 26.2 Å². The van der Waals surface area contributed by atoms with E-state index in [0.717, 1.165) is 24.8 Å². The summed E-state index contributed by atoms with van der Waals surface area (Å²) in [7, 11) is 3.13. The van der Waals surface area contributed by atoms with E-state index in [4.69, 9.17) is 25.8 Å². The highest BCUT2D eigenvalue weighted by Crippen LogP contribution is 2.29. The number of amides is 1. The van der Waals surface area contributed by atoms with Gasteiger partial charge in [0.1, 0.15) is 5.75 Å². The van der Waals surface area contributed by atoms with Crippen LogP contribution in [-0.2, 0) is 4.79 Å². The molecule has 0 aliphatic heterocycles. The van der Waals surface area contributed by atoms with Crippen LogP contribution in [0.3, 0.4) is 0 Å². The number of ether oxygens (including phenoxy) is 3. The third-order valence-corrected chi connectivity index (χ3v) is 4.27. The number of rotatable bonds is 10. The minimum absolute atomic E-state index is 0.292. The van der Waals surface area contributed by atoms with Crippen molar-refractivity contribution >= 4 is 29.3 Å². The zero-order valence-electron chi connectivity index (χ0n) is 16.5. The summed E-state index contributed by atoms with van der Waals surface area (Å²) in [5.41, 5.74) is 1.34. The minimum Gasteiger partial charge on any atom is -0.495 e. The van der Waals surface area contributed by atoms with Crippen LogP contribution in [-0.4, -0.2) is 26.7 Å². The molecule has 0 saturated heterocycles. The molecule has 6 heteroatoms. The molecular weight excluding hydrogens is 378 g/mol. The molecule has 28 heavy (non-hydrogen) atoms. The van der Waals surface area contributed by atoms with E-state index in [2.05, 4.69) is 12.2 Å². The summed E-state index contributed by atoms with van der Waals surface area (Å²) in [4.78, 5) is 12.2. The predicted octanol–water partition coefficient (Wildman–Crippen LogP) is 5.58. The Hall–Kier alpha value is -2.66. The van der Waals surface area contributed by atoms with E-state index in [1.54, 1.807) is 31.4 Å². The Balaban J connectivity index is 2.03. The van der Waals surface area contributed by atoms with Gasteiger partial charge >= 0.3 is 0 Å². The van der Waals surface area contributed by atoms with Crippen molar-refractivity contribution in [1.82, 2.24) is 0 Å². The first-order chi connectivity index (χ1) is 13.6. The van der Waals surface area contributed by atoms with Crippen LogP contribution in [0, 0.1) is 0 Å². The van der Waals surface area contributed by atoms with Gasteiger partial charge in [-0.15, -0.1) is 0 Å². The lowest BCUT2D eigenvalue weighted by Gasteiger charge is -2.11. The molecule has 0 aliphatic carbocycles. The number of nitrogens with one attached hydrogen (secondary N) is 1. The standard InChI is InChI=1S/C22H26ClNO4/c1-4-5-6-13-28-20-10-7-16(14-21(20)27-3)8-12-22(25)24-18-15-17(23)9-11-19(18)26-2/h7-12,14-15H,4-6,13H2,1-3H3,(H,24,25). The summed E-state index contributed by atoms with van der Waals surface area (Å²) in [5, 5.41) is 3.27. The lowest BCUT2D eigenvalue weighted by Crippen LogP contribution is -2.08. The fraction of sp³-hybridized carbons (Fsp3) is 0.318. The fourth-order valence-electron chi connectivity index (χ4n) is 2.57. The van der Waals surface area contributed by atoms with Crippen LogP contribution in [0.5, 0.6) is 17.2 Å². The Kier molecular flexibility index (Phi) is 8.69. The summed E-state index contributed by atoms with van der Waals surface area (Å²) in [6.45, 7) is 2.81. The third-order valence-electron chi connectivity index (χ3n) is 4.04. The molecular formula is C22H26ClNO4. The zero-order chi connectivity index (χ0) is 20.4. The lowest BCUT2D eigenvalue weighted by molar-refractivity contribution is -0.111. The van der Waals surface area contributed by atoms with Gasteiger partial charge in [0.2, 0.25) is 5.91 Å².